The highest BCUT2D eigenvalue weighted by Gasteiger charge is 2.16. The van der Waals surface area contributed by atoms with Gasteiger partial charge in [0, 0.05) is 25.7 Å². The number of rotatable bonds is 4. The summed E-state index contributed by atoms with van der Waals surface area (Å²) in [5.74, 6) is 0.657. The molecule has 2 aromatic heterocycles. The Balaban J connectivity index is 1.89. The van der Waals surface area contributed by atoms with Crippen LogP contribution in [0.15, 0.2) is 50.5 Å². The molecule has 0 saturated heterocycles. The summed E-state index contributed by atoms with van der Waals surface area (Å²) >= 11 is 0. The van der Waals surface area contributed by atoms with Crippen molar-refractivity contribution >= 4 is 5.82 Å². The smallest absolute Gasteiger partial charge is 0.332 e. The van der Waals surface area contributed by atoms with Gasteiger partial charge in [-0.15, -0.1) is 0 Å². The van der Waals surface area contributed by atoms with Gasteiger partial charge in [-0.3, -0.25) is 13.9 Å². The molecule has 0 aliphatic heterocycles. The Hall–Kier alpha value is -3.60. The second kappa shape index (κ2) is 6.49. The highest BCUT2D eigenvalue weighted by Crippen LogP contribution is 2.19. The Morgan fingerprint density at radius 3 is 2.60 bits per heavy atom. The number of nitrogens with one attached hydrogen (secondary N) is 1. The van der Waals surface area contributed by atoms with Crippen LogP contribution in [0.4, 0.5) is 5.82 Å². The Labute approximate surface area is 142 Å². The van der Waals surface area contributed by atoms with Crippen LogP contribution in [0.2, 0.25) is 0 Å². The van der Waals surface area contributed by atoms with Crippen LogP contribution in [0.1, 0.15) is 11.3 Å². The molecule has 3 rings (SSSR count). The third-order valence-electron chi connectivity index (χ3n) is 3.83. The lowest BCUT2D eigenvalue weighted by atomic mass is 10.1. The normalized spacial score (nSPS) is 10.4. The van der Waals surface area contributed by atoms with Gasteiger partial charge in [-0.1, -0.05) is 35.5 Å². The van der Waals surface area contributed by atoms with E-state index in [-0.39, 0.29) is 17.9 Å². The highest BCUT2D eigenvalue weighted by atomic mass is 16.5. The van der Waals surface area contributed by atoms with E-state index < -0.39 is 11.2 Å². The molecule has 0 fully saturated rings. The molecule has 8 heteroatoms. The number of hydrogen-bond donors (Lipinski definition) is 1. The van der Waals surface area contributed by atoms with Crippen molar-refractivity contribution < 1.29 is 4.52 Å². The molecule has 0 unspecified atom stereocenters. The number of nitrogens with zero attached hydrogens (tertiary/aromatic N) is 4. The van der Waals surface area contributed by atoms with E-state index in [0.29, 0.717) is 11.5 Å². The second-order valence-electron chi connectivity index (χ2n) is 5.44. The summed E-state index contributed by atoms with van der Waals surface area (Å²) in [5.41, 5.74) is 0.295. The lowest BCUT2D eigenvalue weighted by molar-refractivity contribution is 0.390. The summed E-state index contributed by atoms with van der Waals surface area (Å²) in [6.07, 6.45) is 0. The topological polar surface area (TPSA) is 106 Å². The number of benzene rings is 1. The molecule has 126 valence electrons. The predicted molar refractivity (Wildman–Crippen MR) is 90.9 cm³/mol. The molecule has 3 aromatic rings. The Bertz CT molecular complexity index is 1070. The monoisotopic (exact) mass is 337 g/mol. The standard InChI is InChI=1S/C17H15N5O3/c1-21-15(13(9-18)16(23)22(2)17(21)24)19-10-12-8-14(20-25-12)11-6-4-3-5-7-11/h3-8,19H,10H2,1-2H3. The first-order valence-electron chi connectivity index (χ1n) is 7.48. The average Bonchev–Trinajstić information content (AvgIpc) is 3.11. The fourth-order valence-corrected chi connectivity index (χ4v) is 2.46. The van der Waals surface area contributed by atoms with Crippen molar-refractivity contribution in [2.24, 2.45) is 14.1 Å². The van der Waals surface area contributed by atoms with Crippen molar-refractivity contribution in [1.82, 2.24) is 14.3 Å². The minimum absolute atomic E-state index is 0.132. The fraction of sp³-hybridized carbons (Fsp3) is 0.176. The fourth-order valence-electron chi connectivity index (χ4n) is 2.46. The van der Waals surface area contributed by atoms with E-state index in [0.717, 1.165) is 10.1 Å². The van der Waals surface area contributed by atoms with Gasteiger partial charge in [0.2, 0.25) is 0 Å². The van der Waals surface area contributed by atoms with Crippen LogP contribution >= 0.6 is 0 Å². The van der Waals surface area contributed by atoms with Crippen LogP contribution in [0.5, 0.6) is 0 Å². The first-order chi connectivity index (χ1) is 12.0. The molecule has 1 N–H and O–H groups in total. The largest absolute Gasteiger partial charge is 0.363 e. The van der Waals surface area contributed by atoms with Crippen molar-refractivity contribution in [3.63, 3.8) is 0 Å². The Kier molecular flexibility index (Phi) is 4.22. The van der Waals surface area contributed by atoms with Crippen LogP contribution in [-0.2, 0) is 20.6 Å². The first-order valence-corrected chi connectivity index (χ1v) is 7.48. The third kappa shape index (κ3) is 2.95. The van der Waals surface area contributed by atoms with Crippen LogP contribution in [0.25, 0.3) is 11.3 Å². The summed E-state index contributed by atoms with van der Waals surface area (Å²) in [4.78, 5) is 24.1. The molecular formula is C17H15N5O3. The van der Waals surface area contributed by atoms with E-state index in [1.165, 1.54) is 18.7 Å². The molecule has 0 amide bonds. The summed E-state index contributed by atoms with van der Waals surface area (Å²) in [6.45, 7) is 0.176. The van der Waals surface area contributed by atoms with Gasteiger partial charge < -0.3 is 9.84 Å². The number of nitriles is 1. The van der Waals surface area contributed by atoms with Crippen molar-refractivity contribution in [1.29, 1.82) is 5.26 Å². The van der Waals surface area contributed by atoms with Gasteiger partial charge in [-0.25, -0.2) is 4.79 Å². The molecular weight excluding hydrogens is 322 g/mol. The zero-order valence-electron chi connectivity index (χ0n) is 13.7. The van der Waals surface area contributed by atoms with Crippen molar-refractivity contribution in [3.05, 3.63) is 68.6 Å². The lowest BCUT2D eigenvalue weighted by Crippen LogP contribution is -2.39. The molecule has 0 aliphatic rings. The summed E-state index contributed by atoms with van der Waals surface area (Å²) < 4.78 is 7.38. The van der Waals surface area contributed by atoms with E-state index >= 15 is 0 Å². The predicted octanol–water partition coefficient (Wildman–Crippen LogP) is 1.22. The SMILES string of the molecule is Cn1c(NCc2cc(-c3ccccc3)no2)c(C#N)c(=O)n(C)c1=O. The van der Waals surface area contributed by atoms with Crippen LogP contribution < -0.4 is 16.6 Å². The average molecular weight is 337 g/mol. The van der Waals surface area contributed by atoms with Crippen LogP contribution in [-0.4, -0.2) is 14.3 Å². The van der Waals surface area contributed by atoms with Crippen LogP contribution in [0, 0.1) is 11.3 Å². The maximum absolute atomic E-state index is 12.0. The summed E-state index contributed by atoms with van der Waals surface area (Å²) in [5, 5.41) is 16.1. The molecule has 2 heterocycles. The number of hydrogen-bond acceptors (Lipinski definition) is 6. The zero-order valence-corrected chi connectivity index (χ0v) is 13.7. The quantitative estimate of drug-likeness (QED) is 0.767. The Morgan fingerprint density at radius 1 is 1.20 bits per heavy atom. The highest BCUT2D eigenvalue weighted by molar-refractivity contribution is 5.58. The molecule has 0 atom stereocenters. The minimum atomic E-state index is -0.643. The molecule has 1 aromatic carbocycles. The minimum Gasteiger partial charge on any atom is -0.363 e. The maximum atomic E-state index is 12.0. The van der Waals surface area contributed by atoms with Gasteiger partial charge in [0.1, 0.15) is 17.6 Å². The third-order valence-corrected chi connectivity index (χ3v) is 3.83. The van der Waals surface area contributed by atoms with Crippen molar-refractivity contribution in [2.75, 3.05) is 5.32 Å². The van der Waals surface area contributed by atoms with Crippen molar-refractivity contribution in [3.8, 4) is 17.3 Å². The molecule has 0 bridgehead atoms. The van der Waals surface area contributed by atoms with Gasteiger partial charge in [-0.05, 0) is 0 Å². The van der Waals surface area contributed by atoms with E-state index in [9.17, 15) is 14.9 Å². The summed E-state index contributed by atoms with van der Waals surface area (Å²) in [6, 6.07) is 13.1. The molecule has 0 radical (unpaired) electrons. The van der Waals surface area contributed by atoms with Gasteiger partial charge in [0.15, 0.2) is 11.3 Å². The van der Waals surface area contributed by atoms with Gasteiger partial charge in [0.05, 0.1) is 6.54 Å². The zero-order chi connectivity index (χ0) is 18.0. The van der Waals surface area contributed by atoms with Gasteiger partial charge in [-0.2, -0.15) is 5.26 Å². The van der Waals surface area contributed by atoms with Crippen LogP contribution in [0.3, 0.4) is 0 Å². The van der Waals surface area contributed by atoms with E-state index in [1.54, 1.807) is 6.07 Å². The molecule has 0 aliphatic carbocycles. The molecule has 0 spiro atoms. The lowest BCUT2D eigenvalue weighted by Gasteiger charge is -2.12. The van der Waals surface area contributed by atoms with E-state index in [2.05, 4.69) is 10.5 Å². The maximum Gasteiger partial charge on any atom is 0.332 e. The molecule has 8 nitrogen and oxygen atoms in total. The van der Waals surface area contributed by atoms with E-state index in [4.69, 9.17) is 4.52 Å². The summed E-state index contributed by atoms with van der Waals surface area (Å²) in [7, 11) is 2.82. The number of aromatic nitrogens is 3. The van der Waals surface area contributed by atoms with Crippen molar-refractivity contribution in [2.45, 2.75) is 6.54 Å². The van der Waals surface area contributed by atoms with Gasteiger partial charge in [0.25, 0.3) is 5.56 Å². The first kappa shape index (κ1) is 16.3. The molecule has 0 saturated carbocycles. The second-order valence-corrected chi connectivity index (χ2v) is 5.44. The Morgan fingerprint density at radius 2 is 1.92 bits per heavy atom. The van der Waals surface area contributed by atoms with Gasteiger partial charge >= 0.3 is 5.69 Å². The number of anilines is 1. The van der Waals surface area contributed by atoms with E-state index in [1.807, 2.05) is 36.4 Å². The molecule has 25 heavy (non-hydrogen) atoms.